The van der Waals surface area contributed by atoms with Crippen LogP contribution in [0.2, 0.25) is 0 Å². The van der Waals surface area contributed by atoms with Crippen LogP contribution in [0.15, 0.2) is 0 Å². The van der Waals surface area contributed by atoms with E-state index in [9.17, 15) is 4.79 Å². The van der Waals surface area contributed by atoms with Crippen LogP contribution in [0.25, 0.3) is 0 Å². The van der Waals surface area contributed by atoms with Crippen LogP contribution in [-0.2, 0) is 4.79 Å². The predicted octanol–water partition coefficient (Wildman–Crippen LogP) is 1.32. The van der Waals surface area contributed by atoms with E-state index >= 15 is 0 Å². The molecule has 0 fully saturated rings. The maximum Gasteiger partial charge on any atom is 0.321 e. The first-order chi connectivity index (χ1) is 5.27. The molecule has 0 aliphatic carbocycles. The molecule has 0 spiro atoms. The highest BCUT2D eigenvalue weighted by Gasteiger charge is 2.33. The highest BCUT2D eigenvalue weighted by atomic mass is 32.2. The van der Waals surface area contributed by atoms with Gasteiger partial charge in [-0.05, 0) is 19.1 Å². The van der Waals surface area contributed by atoms with Crippen molar-refractivity contribution in [3.05, 3.63) is 0 Å². The zero-order valence-electron chi connectivity index (χ0n) is 8.00. The molecular weight excluding hydrogens is 174 g/mol. The lowest BCUT2D eigenvalue weighted by Gasteiger charge is -2.29. The molecule has 1 atom stereocenters. The molecule has 72 valence electrons. The van der Waals surface area contributed by atoms with Crippen LogP contribution in [0.3, 0.4) is 0 Å². The van der Waals surface area contributed by atoms with Gasteiger partial charge in [0.05, 0.1) is 0 Å². The number of carboxylic acid groups (broad SMARTS) is 1. The molecule has 3 N–H and O–H groups in total. The molecule has 0 unspecified atom stereocenters. The van der Waals surface area contributed by atoms with Crippen molar-refractivity contribution in [2.45, 2.75) is 43.7 Å². The molecule has 0 saturated heterocycles. The summed E-state index contributed by atoms with van der Waals surface area (Å²) in [6, 6.07) is -0.801. The Morgan fingerprint density at radius 1 is 1.50 bits per heavy atom. The van der Waals surface area contributed by atoms with E-state index < -0.39 is 16.8 Å². The van der Waals surface area contributed by atoms with Gasteiger partial charge in [0.2, 0.25) is 0 Å². The van der Waals surface area contributed by atoms with Crippen LogP contribution in [-0.4, -0.2) is 27.1 Å². The zero-order chi connectivity index (χ0) is 9.94. The third kappa shape index (κ3) is 3.45. The minimum absolute atomic E-state index is 0.394. The second-order valence-corrected chi connectivity index (χ2v) is 5.82. The second kappa shape index (κ2) is 4.14. The monoisotopic (exact) mass is 191 g/mol. The summed E-state index contributed by atoms with van der Waals surface area (Å²) in [5, 5.41) is 9.09. The minimum Gasteiger partial charge on any atom is -0.480 e. The number of nitrogens with two attached hydrogens (primary N) is 1. The average molecular weight is 191 g/mol. The Bertz CT molecular complexity index is 168. The van der Waals surface area contributed by atoms with Gasteiger partial charge in [-0.3, -0.25) is 4.79 Å². The Kier molecular flexibility index (Phi) is 4.06. The van der Waals surface area contributed by atoms with Gasteiger partial charge >= 0.3 is 5.97 Å². The van der Waals surface area contributed by atoms with Gasteiger partial charge in [-0.15, -0.1) is 0 Å². The van der Waals surface area contributed by atoms with Gasteiger partial charge in [-0.1, -0.05) is 13.8 Å². The van der Waals surface area contributed by atoms with Crippen LogP contribution >= 0.6 is 11.8 Å². The summed E-state index contributed by atoms with van der Waals surface area (Å²) in [5.74, 6) is -0.937. The number of rotatable bonds is 4. The molecule has 0 amide bonds. The van der Waals surface area contributed by atoms with Crippen LogP contribution in [0.5, 0.6) is 0 Å². The second-order valence-electron chi connectivity index (χ2n) is 3.59. The highest BCUT2D eigenvalue weighted by molar-refractivity contribution is 8.01. The minimum atomic E-state index is -0.937. The van der Waals surface area contributed by atoms with Gasteiger partial charge in [0.15, 0.2) is 0 Å². The average Bonchev–Trinajstić information content (AvgIpc) is 1.82. The Morgan fingerprint density at radius 3 is 2.17 bits per heavy atom. The van der Waals surface area contributed by atoms with Gasteiger partial charge in [0.25, 0.3) is 0 Å². The predicted molar refractivity (Wildman–Crippen MR) is 52.4 cm³/mol. The number of carbonyl (C=O) groups is 1. The molecule has 0 aliphatic heterocycles. The summed E-state index contributed by atoms with van der Waals surface area (Å²) in [4.78, 5) is 10.6. The molecule has 0 saturated carbocycles. The van der Waals surface area contributed by atoms with E-state index in [0.717, 1.165) is 0 Å². The molecule has 0 aromatic heterocycles. The molecule has 0 aromatic rings. The van der Waals surface area contributed by atoms with E-state index in [0.29, 0.717) is 5.25 Å². The number of hydrogen-bond donors (Lipinski definition) is 2. The first kappa shape index (κ1) is 11.8. The van der Waals surface area contributed by atoms with Gasteiger partial charge in [-0.2, -0.15) is 11.8 Å². The third-order valence-electron chi connectivity index (χ3n) is 1.55. The normalized spacial score (nSPS) is 14.8. The summed E-state index contributed by atoms with van der Waals surface area (Å²) in [5.41, 5.74) is 5.52. The number of thioether (sulfide) groups is 1. The molecule has 0 bridgehead atoms. The van der Waals surface area contributed by atoms with E-state index in [-0.39, 0.29) is 0 Å². The number of carboxylic acids is 1. The molecule has 12 heavy (non-hydrogen) atoms. The lowest BCUT2D eigenvalue weighted by molar-refractivity contribution is -0.139. The van der Waals surface area contributed by atoms with Gasteiger partial charge in [0, 0.05) is 4.75 Å². The Balaban J connectivity index is 4.28. The van der Waals surface area contributed by atoms with Crippen LogP contribution in [0, 0.1) is 0 Å². The summed E-state index contributed by atoms with van der Waals surface area (Å²) < 4.78 is -0.403. The van der Waals surface area contributed by atoms with Gasteiger partial charge < -0.3 is 10.8 Å². The first-order valence-electron chi connectivity index (χ1n) is 3.93. The van der Waals surface area contributed by atoms with Crippen molar-refractivity contribution in [3.63, 3.8) is 0 Å². The summed E-state index contributed by atoms with van der Waals surface area (Å²) in [7, 11) is 0. The van der Waals surface area contributed by atoms with Crippen molar-refractivity contribution in [1.82, 2.24) is 0 Å². The summed E-state index contributed by atoms with van der Waals surface area (Å²) in [6.07, 6.45) is 0. The Labute approximate surface area is 77.7 Å². The molecule has 0 radical (unpaired) electrons. The number of hydrogen-bond acceptors (Lipinski definition) is 3. The molecule has 0 rings (SSSR count). The SMILES string of the molecule is CC(C)SC(C)(C)[C@H](N)C(=O)O. The van der Waals surface area contributed by atoms with Gasteiger partial charge in [0.1, 0.15) is 6.04 Å². The van der Waals surface area contributed by atoms with Crippen LogP contribution in [0.4, 0.5) is 0 Å². The Morgan fingerprint density at radius 2 is 1.92 bits per heavy atom. The van der Waals surface area contributed by atoms with Crippen molar-refractivity contribution in [1.29, 1.82) is 0 Å². The zero-order valence-corrected chi connectivity index (χ0v) is 8.81. The molecule has 0 aliphatic rings. The van der Waals surface area contributed by atoms with E-state index in [2.05, 4.69) is 0 Å². The first-order valence-corrected chi connectivity index (χ1v) is 4.81. The lowest BCUT2D eigenvalue weighted by Crippen LogP contribution is -2.47. The quantitative estimate of drug-likeness (QED) is 0.703. The van der Waals surface area contributed by atoms with E-state index in [1.165, 1.54) is 0 Å². The maximum atomic E-state index is 10.6. The van der Waals surface area contributed by atoms with Crippen molar-refractivity contribution >= 4 is 17.7 Å². The Hall–Kier alpha value is -0.220. The van der Waals surface area contributed by atoms with E-state index in [1.54, 1.807) is 11.8 Å². The van der Waals surface area contributed by atoms with Crippen LogP contribution in [0.1, 0.15) is 27.7 Å². The highest BCUT2D eigenvalue weighted by Crippen LogP contribution is 2.30. The maximum absolute atomic E-state index is 10.6. The van der Waals surface area contributed by atoms with Crippen molar-refractivity contribution < 1.29 is 9.90 Å². The largest absolute Gasteiger partial charge is 0.480 e. The van der Waals surface area contributed by atoms with E-state index in [1.807, 2.05) is 27.7 Å². The number of aliphatic carboxylic acids is 1. The fraction of sp³-hybridized carbons (Fsp3) is 0.875. The molecular formula is C8H17NO2S. The van der Waals surface area contributed by atoms with Crippen molar-refractivity contribution in [2.75, 3.05) is 0 Å². The molecule has 0 heterocycles. The van der Waals surface area contributed by atoms with E-state index in [4.69, 9.17) is 10.8 Å². The lowest BCUT2D eigenvalue weighted by atomic mass is 10.1. The van der Waals surface area contributed by atoms with Gasteiger partial charge in [-0.25, -0.2) is 0 Å². The fourth-order valence-electron chi connectivity index (χ4n) is 0.978. The fourth-order valence-corrected chi connectivity index (χ4v) is 2.44. The molecule has 3 nitrogen and oxygen atoms in total. The standard InChI is InChI=1S/C8H17NO2S/c1-5(2)12-8(3,4)6(9)7(10)11/h5-6H,9H2,1-4H3,(H,10,11)/t6-/m1/s1. The van der Waals surface area contributed by atoms with Crippen molar-refractivity contribution in [2.24, 2.45) is 5.73 Å². The smallest absolute Gasteiger partial charge is 0.321 e. The van der Waals surface area contributed by atoms with Crippen molar-refractivity contribution in [3.8, 4) is 0 Å². The third-order valence-corrected chi connectivity index (χ3v) is 2.89. The summed E-state index contributed by atoms with van der Waals surface area (Å²) in [6.45, 7) is 7.77. The molecule has 4 heteroatoms. The summed E-state index contributed by atoms with van der Waals surface area (Å²) >= 11 is 1.59. The van der Waals surface area contributed by atoms with Crippen LogP contribution < -0.4 is 5.73 Å². The molecule has 0 aromatic carbocycles. The topological polar surface area (TPSA) is 63.3 Å².